The number of benzene rings is 1. The maximum Gasteiger partial charge on any atom is 0.230 e. The summed E-state index contributed by atoms with van der Waals surface area (Å²) in [6, 6.07) is 9.33. The highest BCUT2D eigenvalue weighted by molar-refractivity contribution is 5.57. The Labute approximate surface area is 208 Å². The lowest BCUT2D eigenvalue weighted by Crippen LogP contribution is -2.40. The Balaban J connectivity index is 1.39. The van der Waals surface area contributed by atoms with E-state index in [2.05, 4.69) is 70.7 Å². The average molecular weight is 478 g/mol. The summed E-state index contributed by atoms with van der Waals surface area (Å²) in [5.74, 6) is 1.81. The van der Waals surface area contributed by atoms with Gasteiger partial charge in [-0.1, -0.05) is 32.0 Å². The maximum atomic E-state index is 6.14. The van der Waals surface area contributed by atoms with Gasteiger partial charge in [-0.15, -0.1) is 0 Å². The van der Waals surface area contributed by atoms with E-state index in [1.807, 2.05) is 10.7 Å². The maximum absolute atomic E-state index is 6.14. The second-order valence-electron chi connectivity index (χ2n) is 10.4. The minimum absolute atomic E-state index is 0.266. The molecular formula is C26H39N9. The van der Waals surface area contributed by atoms with Crippen LogP contribution in [0, 0.1) is 0 Å². The summed E-state index contributed by atoms with van der Waals surface area (Å²) in [7, 11) is 2.20. The van der Waals surface area contributed by atoms with Gasteiger partial charge in [-0.25, -0.2) is 0 Å². The van der Waals surface area contributed by atoms with Crippen molar-refractivity contribution in [2.24, 2.45) is 5.73 Å². The third-order valence-corrected chi connectivity index (χ3v) is 7.36. The number of anilines is 3. The van der Waals surface area contributed by atoms with E-state index in [1.54, 1.807) is 0 Å². The van der Waals surface area contributed by atoms with E-state index in [9.17, 15) is 0 Å². The number of nitrogens with two attached hydrogens (primary N) is 1. The van der Waals surface area contributed by atoms with Gasteiger partial charge in [-0.3, -0.25) is 0 Å². The third-order valence-electron chi connectivity index (χ3n) is 7.36. The van der Waals surface area contributed by atoms with Crippen LogP contribution in [-0.4, -0.2) is 69.8 Å². The molecule has 3 aromatic rings. The van der Waals surface area contributed by atoms with E-state index in [0.29, 0.717) is 18.5 Å². The van der Waals surface area contributed by atoms with Gasteiger partial charge in [0.05, 0.1) is 6.20 Å². The van der Waals surface area contributed by atoms with Crippen molar-refractivity contribution in [3.63, 3.8) is 0 Å². The van der Waals surface area contributed by atoms with Crippen LogP contribution in [0.1, 0.15) is 56.6 Å². The van der Waals surface area contributed by atoms with Crippen LogP contribution in [0.4, 0.5) is 17.6 Å². The van der Waals surface area contributed by atoms with Gasteiger partial charge in [-0.05, 0) is 63.4 Å². The van der Waals surface area contributed by atoms with Gasteiger partial charge in [0, 0.05) is 43.0 Å². The fourth-order valence-corrected chi connectivity index (χ4v) is 5.01. The van der Waals surface area contributed by atoms with E-state index in [0.717, 1.165) is 62.1 Å². The first-order valence-electron chi connectivity index (χ1n) is 13.0. The normalized spacial score (nSPS) is 18.5. The quantitative estimate of drug-likeness (QED) is 0.477. The van der Waals surface area contributed by atoms with Crippen molar-refractivity contribution in [3.8, 4) is 0 Å². The van der Waals surface area contributed by atoms with Gasteiger partial charge in [0.25, 0.3) is 0 Å². The standard InChI is InChI=1S/C26H39N9/c1-18(2)22-17-29-35-24(22)31-26(34-14-8-20(27)9-15-34)32-25(35)28-16-19-6-4-5-7-23(19)30-21-10-12-33(3)13-11-21/h4-7,17-18,20-21,30H,8-16,27H2,1-3H3,(H,28,31,32). The van der Waals surface area contributed by atoms with E-state index in [4.69, 9.17) is 15.7 Å². The summed E-state index contributed by atoms with van der Waals surface area (Å²) in [5, 5.41) is 12.0. The Kier molecular flexibility index (Phi) is 7.06. The van der Waals surface area contributed by atoms with Crippen molar-refractivity contribution in [2.75, 3.05) is 48.8 Å². The summed E-state index contributed by atoms with van der Waals surface area (Å²) >= 11 is 0. The molecule has 2 aliphatic heterocycles. The Hall–Kier alpha value is -2.91. The molecule has 2 fully saturated rings. The number of nitrogens with zero attached hydrogens (tertiary/aromatic N) is 6. The lowest BCUT2D eigenvalue weighted by atomic mass is 10.0. The molecule has 9 heteroatoms. The number of nitrogens with one attached hydrogen (secondary N) is 2. The monoisotopic (exact) mass is 477 g/mol. The number of rotatable bonds is 7. The zero-order chi connectivity index (χ0) is 24.4. The molecule has 0 unspecified atom stereocenters. The predicted octanol–water partition coefficient (Wildman–Crippen LogP) is 3.29. The van der Waals surface area contributed by atoms with Crippen LogP contribution in [0.5, 0.6) is 0 Å². The summed E-state index contributed by atoms with van der Waals surface area (Å²) in [5.41, 5.74) is 10.6. The summed E-state index contributed by atoms with van der Waals surface area (Å²) < 4.78 is 1.85. The van der Waals surface area contributed by atoms with Crippen LogP contribution >= 0.6 is 0 Å². The van der Waals surface area contributed by atoms with E-state index < -0.39 is 0 Å². The molecule has 0 spiro atoms. The molecule has 0 aliphatic carbocycles. The van der Waals surface area contributed by atoms with Gasteiger partial charge in [0.2, 0.25) is 11.9 Å². The van der Waals surface area contributed by atoms with Gasteiger partial charge in [-0.2, -0.15) is 19.6 Å². The predicted molar refractivity (Wildman–Crippen MR) is 142 cm³/mol. The molecule has 2 saturated heterocycles. The van der Waals surface area contributed by atoms with Gasteiger partial charge in [0.1, 0.15) is 0 Å². The molecular weight excluding hydrogens is 438 g/mol. The van der Waals surface area contributed by atoms with Crippen LogP contribution in [0.25, 0.3) is 5.65 Å². The van der Waals surface area contributed by atoms with Crippen LogP contribution in [0.3, 0.4) is 0 Å². The highest BCUT2D eigenvalue weighted by atomic mass is 15.4. The Morgan fingerprint density at radius 2 is 1.77 bits per heavy atom. The number of fused-ring (bicyclic) bond motifs is 1. The molecule has 0 amide bonds. The Bertz CT molecular complexity index is 1130. The van der Waals surface area contributed by atoms with Crippen LogP contribution in [-0.2, 0) is 6.54 Å². The van der Waals surface area contributed by atoms with Crippen LogP contribution in [0.15, 0.2) is 30.5 Å². The first kappa shape index (κ1) is 23.8. The minimum Gasteiger partial charge on any atom is -0.382 e. The van der Waals surface area contributed by atoms with Gasteiger partial charge < -0.3 is 26.2 Å². The van der Waals surface area contributed by atoms with Crippen molar-refractivity contribution in [2.45, 2.75) is 64.1 Å². The molecule has 0 saturated carbocycles. The number of aromatic nitrogens is 4. The van der Waals surface area contributed by atoms with Gasteiger partial charge in [0.15, 0.2) is 5.65 Å². The zero-order valence-corrected chi connectivity index (χ0v) is 21.2. The highest BCUT2D eigenvalue weighted by Crippen LogP contribution is 2.26. The molecule has 9 nitrogen and oxygen atoms in total. The van der Waals surface area contributed by atoms with E-state index in [1.165, 1.54) is 24.1 Å². The molecule has 2 aliphatic rings. The van der Waals surface area contributed by atoms with Crippen molar-refractivity contribution >= 4 is 23.2 Å². The van der Waals surface area contributed by atoms with E-state index in [-0.39, 0.29) is 6.04 Å². The van der Waals surface area contributed by atoms with Crippen molar-refractivity contribution in [3.05, 3.63) is 41.6 Å². The molecule has 4 N–H and O–H groups in total. The SMILES string of the molecule is CC(C)c1cnn2c(NCc3ccccc3NC3CCN(C)CC3)nc(N3CCC(N)CC3)nc12. The fraction of sp³-hybridized carbons (Fsp3) is 0.577. The second kappa shape index (κ2) is 10.4. The molecule has 2 aromatic heterocycles. The molecule has 0 radical (unpaired) electrons. The molecule has 1 aromatic carbocycles. The minimum atomic E-state index is 0.266. The smallest absolute Gasteiger partial charge is 0.230 e. The number of piperidine rings is 2. The number of para-hydroxylation sites is 1. The first-order valence-corrected chi connectivity index (χ1v) is 13.0. The molecule has 0 atom stereocenters. The summed E-state index contributed by atoms with van der Waals surface area (Å²) in [6.07, 6.45) is 6.18. The Morgan fingerprint density at radius 1 is 1.03 bits per heavy atom. The summed E-state index contributed by atoms with van der Waals surface area (Å²) in [4.78, 5) is 14.5. The van der Waals surface area contributed by atoms with Crippen molar-refractivity contribution in [1.29, 1.82) is 0 Å². The topological polar surface area (TPSA) is 99.6 Å². The number of hydrogen-bond donors (Lipinski definition) is 3. The first-order chi connectivity index (χ1) is 17.0. The van der Waals surface area contributed by atoms with E-state index >= 15 is 0 Å². The highest BCUT2D eigenvalue weighted by Gasteiger charge is 2.22. The van der Waals surface area contributed by atoms with Crippen molar-refractivity contribution in [1.82, 2.24) is 24.5 Å². The van der Waals surface area contributed by atoms with Crippen molar-refractivity contribution < 1.29 is 0 Å². The summed E-state index contributed by atoms with van der Waals surface area (Å²) in [6.45, 7) is 9.05. The molecule has 4 heterocycles. The molecule has 188 valence electrons. The number of hydrogen-bond acceptors (Lipinski definition) is 8. The fourth-order valence-electron chi connectivity index (χ4n) is 5.01. The number of likely N-dealkylation sites (tertiary alicyclic amines) is 1. The largest absolute Gasteiger partial charge is 0.382 e. The zero-order valence-electron chi connectivity index (χ0n) is 21.2. The molecule has 5 rings (SSSR count). The molecule has 0 bridgehead atoms. The second-order valence-corrected chi connectivity index (χ2v) is 10.4. The van der Waals surface area contributed by atoms with Gasteiger partial charge >= 0.3 is 0 Å². The average Bonchev–Trinajstić information content (AvgIpc) is 3.30. The lowest BCUT2D eigenvalue weighted by Gasteiger charge is -2.31. The molecule has 35 heavy (non-hydrogen) atoms. The van der Waals surface area contributed by atoms with Crippen LogP contribution in [0.2, 0.25) is 0 Å². The Morgan fingerprint density at radius 3 is 2.51 bits per heavy atom. The van der Waals surface area contributed by atoms with Crippen LogP contribution < -0.4 is 21.3 Å². The third kappa shape index (κ3) is 5.36. The lowest BCUT2D eigenvalue weighted by molar-refractivity contribution is 0.264.